The van der Waals surface area contributed by atoms with E-state index in [1.807, 2.05) is 0 Å². The van der Waals surface area contributed by atoms with Crippen LogP contribution in [0.4, 0.5) is 4.79 Å². The molecule has 5 heteroatoms. The van der Waals surface area contributed by atoms with Crippen molar-refractivity contribution in [2.45, 2.75) is 83.3 Å². The highest BCUT2D eigenvalue weighted by Crippen LogP contribution is 2.36. The monoisotopic (exact) mass is 307 g/mol. The maximum Gasteiger partial charge on any atom is 0.326 e. The first-order valence-corrected chi connectivity index (χ1v) is 8.83. The molecule has 3 amide bonds. The van der Waals surface area contributed by atoms with Gasteiger partial charge in [0.15, 0.2) is 0 Å². The van der Waals surface area contributed by atoms with Gasteiger partial charge in [-0.3, -0.25) is 9.69 Å². The molecule has 1 spiro atoms. The van der Waals surface area contributed by atoms with Crippen molar-refractivity contribution >= 4 is 11.9 Å². The predicted octanol–water partition coefficient (Wildman–Crippen LogP) is 2.71. The normalized spacial score (nSPS) is 40.3. The first kappa shape index (κ1) is 15.8. The van der Waals surface area contributed by atoms with Gasteiger partial charge >= 0.3 is 6.03 Å². The first-order chi connectivity index (χ1) is 10.4. The second-order valence-corrected chi connectivity index (χ2v) is 7.71. The Morgan fingerprint density at radius 3 is 2.23 bits per heavy atom. The van der Waals surface area contributed by atoms with Crippen LogP contribution in [0.25, 0.3) is 0 Å². The Morgan fingerprint density at radius 2 is 1.64 bits per heavy atom. The molecule has 3 rings (SSSR count). The Kier molecular flexibility index (Phi) is 4.19. The molecule has 0 aromatic rings. The van der Waals surface area contributed by atoms with Crippen molar-refractivity contribution in [2.24, 2.45) is 5.92 Å². The predicted molar refractivity (Wildman–Crippen MR) is 85.2 cm³/mol. The molecule has 2 saturated heterocycles. The van der Waals surface area contributed by atoms with Crippen LogP contribution in [0.15, 0.2) is 0 Å². The SMILES string of the molecule is CC1CCC2(CC1)NC(=O)N(CN1[C@@H](C)CCC[C@@H]1C)C2=O. The number of piperidine rings is 1. The summed E-state index contributed by atoms with van der Waals surface area (Å²) in [5.41, 5.74) is -0.605. The van der Waals surface area contributed by atoms with Crippen molar-refractivity contribution in [1.82, 2.24) is 15.1 Å². The standard InChI is InChI=1S/C17H29N3O2/c1-12-7-9-17(10-8-12)15(21)20(16(22)18-17)11-19-13(2)5-4-6-14(19)3/h12-14H,4-11H2,1-3H3,(H,18,22)/t12?,13-,14-,17?/m0/s1. The summed E-state index contributed by atoms with van der Waals surface area (Å²) >= 11 is 0. The van der Waals surface area contributed by atoms with Crippen LogP contribution in [-0.2, 0) is 4.79 Å². The van der Waals surface area contributed by atoms with Gasteiger partial charge in [-0.1, -0.05) is 13.3 Å². The highest BCUT2D eigenvalue weighted by molar-refractivity contribution is 6.07. The molecule has 0 radical (unpaired) electrons. The average Bonchev–Trinajstić information content (AvgIpc) is 2.70. The van der Waals surface area contributed by atoms with E-state index in [0.29, 0.717) is 24.7 Å². The molecule has 1 N–H and O–H groups in total. The number of likely N-dealkylation sites (tertiary alicyclic amines) is 1. The van der Waals surface area contributed by atoms with Gasteiger partial charge in [-0.25, -0.2) is 9.69 Å². The minimum absolute atomic E-state index is 0.00868. The lowest BCUT2D eigenvalue weighted by Gasteiger charge is -2.40. The van der Waals surface area contributed by atoms with E-state index in [1.54, 1.807) is 0 Å². The fourth-order valence-corrected chi connectivity index (χ4v) is 4.32. The minimum atomic E-state index is -0.605. The number of nitrogens with zero attached hydrogens (tertiary/aromatic N) is 2. The van der Waals surface area contributed by atoms with Crippen molar-refractivity contribution < 1.29 is 9.59 Å². The molecule has 2 aliphatic heterocycles. The summed E-state index contributed by atoms with van der Waals surface area (Å²) in [5, 5.41) is 3.02. The number of urea groups is 1. The zero-order chi connectivity index (χ0) is 15.9. The summed E-state index contributed by atoms with van der Waals surface area (Å²) in [6.07, 6.45) is 7.17. The smallest absolute Gasteiger partial charge is 0.323 e. The fourth-order valence-electron chi connectivity index (χ4n) is 4.32. The number of nitrogens with one attached hydrogen (secondary N) is 1. The highest BCUT2D eigenvalue weighted by Gasteiger charge is 2.52. The highest BCUT2D eigenvalue weighted by atomic mass is 16.2. The van der Waals surface area contributed by atoms with Crippen LogP contribution in [0.2, 0.25) is 0 Å². The van der Waals surface area contributed by atoms with E-state index >= 15 is 0 Å². The van der Waals surface area contributed by atoms with E-state index in [2.05, 4.69) is 31.0 Å². The van der Waals surface area contributed by atoms with Crippen molar-refractivity contribution in [3.63, 3.8) is 0 Å². The van der Waals surface area contributed by atoms with Crippen molar-refractivity contribution in [3.05, 3.63) is 0 Å². The number of imide groups is 1. The molecular formula is C17H29N3O2. The van der Waals surface area contributed by atoms with E-state index in [-0.39, 0.29) is 11.9 Å². The van der Waals surface area contributed by atoms with Crippen molar-refractivity contribution in [3.8, 4) is 0 Å². The number of rotatable bonds is 2. The van der Waals surface area contributed by atoms with Gasteiger partial charge in [0.25, 0.3) is 5.91 Å². The Bertz CT molecular complexity index is 447. The van der Waals surface area contributed by atoms with Gasteiger partial charge in [0, 0.05) is 12.1 Å². The molecule has 124 valence electrons. The van der Waals surface area contributed by atoms with Crippen LogP contribution in [-0.4, -0.2) is 46.0 Å². The summed E-state index contributed by atoms with van der Waals surface area (Å²) in [5.74, 6) is 0.667. The van der Waals surface area contributed by atoms with Gasteiger partial charge < -0.3 is 5.32 Å². The van der Waals surface area contributed by atoms with Crippen molar-refractivity contribution in [2.75, 3.05) is 6.67 Å². The van der Waals surface area contributed by atoms with E-state index in [4.69, 9.17) is 0 Å². The second-order valence-electron chi connectivity index (χ2n) is 7.71. The number of carbonyl (C=O) groups is 2. The third kappa shape index (κ3) is 2.64. The van der Waals surface area contributed by atoms with Crippen molar-refractivity contribution in [1.29, 1.82) is 0 Å². The lowest BCUT2D eigenvalue weighted by Crippen LogP contribution is -2.52. The van der Waals surface area contributed by atoms with Gasteiger partial charge in [0.1, 0.15) is 5.54 Å². The zero-order valence-corrected chi connectivity index (χ0v) is 14.1. The van der Waals surface area contributed by atoms with Gasteiger partial charge in [0.05, 0.1) is 6.67 Å². The van der Waals surface area contributed by atoms with Gasteiger partial charge in [-0.2, -0.15) is 0 Å². The maximum absolute atomic E-state index is 12.9. The molecule has 2 atom stereocenters. The topological polar surface area (TPSA) is 52.7 Å². The summed E-state index contributed by atoms with van der Waals surface area (Å²) in [6.45, 7) is 7.08. The third-order valence-corrected chi connectivity index (χ3v) is 6.05. The molecule has 0 bridgehead atoms. The lowest BCUT2D eigenvalue weighted by molar-refractivity contribution is -0.135. The molecular weight excluding hydrogens is 278 g/mol. The lowest BCUT2D eigenvalue weighted by atomic mass is 9.77. The maximum atomic E-state index is 12.9. The zero-order valence-electron chi connectivity index (χ0n) is 14.1. The Balaban J connectivity index is 1.72. The molecule has 0 aromatic carbocycles. The van der Waals surface area contributed by atoms with Crippen LogP contribution in [0, 0.1) is 5.92 Å². The van der Waals surface area contributed by atoms with Gasteiger partial charge in [0.2, 0.25) is 0 Å². The number of hydrogen-bond donors (Lipinski definition) is 1. The Morgan fingerprint density at radius 1 is 1.05 bits per heavy atom. The molecule has 0 aromatic heterocycles. The van der Waals surface area contributed by atoms with E-state index in [1.165, 1.54) is 11.3 Å². The Hall–Kier alpha value is -1.10. The molecule has 2 heterocycles. The molecule has 3 fully saturated rings. The second kappa shape index (κ2) is 5.84. The molecule has 0 unspecified atom stereocenters. The first-order valence-electron chi connectivity index (χ1n) is 8.83. The summed E-state index contributed by atoms with van der Waals surface area (Å²) in [4.78, 5) is 29.1. The van der Waals surface area contributed by atoms with E-state index in [9.17, 15) is 9.59 Å². The molecule has 1 saturated carbocycles. The minimum Gasteiger partial charge on any atom is -0.323 e. The number of carbonyl (C=O) groups excluding carboxylic acids is 2. The third-order valence-electron chi connectivity index (χ3n) is 6.05. The van der Waals surface area contributed by atoms with Crippen LogP contribution in [0.1, 0.15) is 65.7 Å². The molecule has 5 nitrogen and oxygen atoms in total. The fraction of sp³-hybridized carbons (Fsp3) is 0.882. The number of amides is 3. The average molecular weight is 307 g/mol. The van der Waals surface area contributed by atoms with E-state index < -0.39 is 5.54 Å². The van der Waals surface area contributed by atoms with E-state index in [0.717, 1.165) is 38.5 Å². The van der Waals surface area contributed by atoms with Crippen LogP contribution in [0.3, 0.4) is 0 Å². The largest absolute Gasteiger partial charge is 0.326 e. The molecule has 22 heavy (non-hydrogen) atoms. The van der Waals surface area contributed by atoms with Crippen LogP contribution in [0.5, 0.6) is 0 Å². The summed E-state index contributed by atoms with van der Waals surface area (Å²) in [7, 11) is 0. The van der Waals surface area contributed by atoms with Crippen LogP contribution >= 0.6 is 0 Å². The molecule has 1 aliphatic carbocycles. The number of hydrogen-bond acceptors (Lipinski definition) is 3. The molecule has 3 aliphatic rings. The van der Waals surface area contributed by atoms with Gasteiger partial charge in [-0.15, -0.1) is 0 Å². The Labute approximate surface area is 133 Å². The summed E-state index contributed by atoms with van der Waals surface area (Å²) < 4.78 is 0. The summed E-state index contributed by atoms with van der Waals surface area (Å²) in [6, 6.07) is 0.684. The quantitative estimate of drug-likeness (QED) is 0.798. The van der Waals surface area contributed by atoms with Gasteiger partial charge in [-0.05, 0) is 58.3 Å². The van der Waals surface area contributed by atoms with Crippen LogP contribution < -0.4 is 5.32 Å².